The Morgan fingerprint density at radius 2 is 2.46 bits per heavy atom. The quantitative estimate of drug-likeness (QED) is 0.533. The molecule has 0 aliphatic carbocycles. The number of aliphatic hydroxyl groups excluding tert-OH is 1. The molecule has 0 radical (unpaired) electrons. The van der Waals surface area contributed by atoms with Crippen molar-refractivity contribution < 1.29 is 14.6 Å². The molecule has 1 fully saturated rings. The van der Waals surface area contributed by atoms with E-state index in [9.17, 15) is 4.79 Å². The van der Waals surface area contributed by atoms with Crippen LogP contribution in [-0.4, -0.2) is 23.3 Å². The van der Waals surface area contributed by atoms with Crippen molar-refractivity contribution in [3.05, 3.63) is 11.6 Å². The molecule has 13 heavy (non-hydrogen) atoms. The third-order valence-corrected chi connectivity index (χ3v) is 2.05. The molecule has 0 saturated carbocycles. The predicted octanol–water partition coefficient (Wildman–Crippen LogP) is 1.41. The Balaban J connectivity index is 2.38. The summed E-state index contributed by atoms with van der Waals surface area (Å²) in [5, 5.41) is 9.00. The molecule has 0 amide bonds. The van der Waals surface area contributed by atoms with Gasteiger partial charge in [0.2, 0.25) is 0 Å². The third-order valence-electron chi connectivity index (χ3n) is 2.05. The molecule has 74 valence electrons. The zero-order chi connectivity index (χ0) is 9.84. The van der Waals surface area contributed by atoms with Gasteiger partial charge in [0.1, 0.15) is 6.10 Å². The van der Waals surface area contributed by atoms with Crippen LogP contribution < -0.4 is 0 Å². The summed E-state index contributed by atoms with van der Waals surface area (Å²) >= 11 is 0. The molecule has 2 atom stereocenters. The fourth-order valence-electron chi connectivity index (χ4n) is 1.36. The maximum Gasteiger partial charge on any atom is 0.334 e. The van der Waals surface area contributed by atoms with Gasteiger partial charge in [-0.15, -0.1) is 0 Å². The molecular weight excluding hydrogens is 168 g/mol. The second-order valence-corrected chi connectivity index (χ2v) is 3.58. The van der Waals surface area contributed by atoms with E-state index in [4.69, 9.17) is 9.84 Å². The fourth-order valence-corrected chi connectivity index (χ4v) is 1.36. The first-order valence-electron chi connectivity index (χ1n) is 4.67. The number of ether oxygens (including phenoxy) is 1. The molecule has 0 aromatic rings. The van der Waals surface area contributed by atoms with E-state index in [0.717, 1.165) is 12.0 Å². The fraction of sp³-hybridized carbons (Fsp3) is 0.700. The highest BCUT2D eigenvalue weighted by Gasteiger charge is 2.24. The van der Waals surface area contributed by atoms with Crippen LogP contribution in [0.3, 0.4) is 0 Å². The highest BCUT2D eigenvalue weighted by Crippen LogP contribution is 2.20. The summed E-state index contributed by atoms with van der Waals surface area (Å²) in [7, 11) is 0. The lowest BCUT2D eigenvalue weighted by atomic mass is 10.1. The van der Waals surface area contributed by atoms with E-state index in [1.165, 1.54) is 0 Å². The van der Waals surface area contributed by atoms with Crippen LogP contribution in [0.5, 0.6) is 0 Å². The second-order valence-electron chi connectivity index (χ2n) is 3.58. The molecule has 0 bridgehead atoms. The summed E-state index contributed by atoms with van der Waals surface area (Å²) in [6, 6.07) is 0. The molecule has 3 heteroatoms. The Morgan fingerprint density at radius 1 is 1.77 bits per heavy atom. The van der Waals surface area contributed by atoms with Crippen LogP contribution in [0.1, 0.15) is 33.1 Å². The van der Waals surface area contributed by atoms with E-state index in [0.29, 0.717) is 12.8 Å². The number of carbonyl (C=O) groups is 1. The molecular formula is C10H16O3. The van der Waals surface area contributed by atoms with Crippen LogP contribution in [0.15, 0.2) is 11.6 Å². The van der Waals surface area contributed by atoms with Crippen molar-refractivity contribution >= 4 is 5.97 Å². The van der Waals surface area contributed by atoms with E-state index in [2.05, 4.69) is 0 Å². The Kier molecular flexibility index (Phi) is 3.48. The maximum absolute atomic E-state index is 11.1. The van der Waals surface area contributed by atoms with Gasteiger partial charge in [0, 0.05) is 12.0 Å². The normalized spacial score (nSPS) is 27.8. The van der Waals surface area contributed by atoms with Crippen LogP contribution in [-0.2, 0) is 9.53 Å². The average molecular weight is 184 g/mol. The predicted molar refractivity (Wildman–Crippen MR) is 49.2 cm³/mol. The lowest BCUT2D eigenvalue weighted by Gasteiger charge is -1.99. The molecule has 1 aliphatic heterocycles. The zero-order valence-electron chi connectivity index (χ0n) is 8.12. The van der Waals surface area contributed by atoms with Crippen molar-refractivity contribution in [3.8, 4) is 0 Å². The first kappa shape index (κ1) is 10.3. The van der Waals surface area contributed by atoms with E-state index in [-0.39, 0.29) is 18.2 Å². The minimum atomic E-state index is -0.299. The van der Waals surface area contributed by atoms with Gasteiger partial charge < -0.3 is 9.84 Å². The number of carbonyl (C=O) groups excluding carboxylic acids is 1. The van der Waals surface area contributed by atoms with Crippen LogP contribution in [0.2, 0.25) is 0 Å². The van der Waals surface area contributed by atoms with E-state index >= 15 is 0 Å². The van der Waals surface area contributed by atoms with Gasteiger partial charge in [-0.2, -0.15) is 0 Å². The smallest absolute Gasteiger partial charge is 0.334 e. The first-order valence-corrected chi connectivity index (χ1v) is 4.67. The number of rotatable bonds is 3. The molecule has 0 spiro atoms. The standard InChI is InChI=1S/C10H16O3/c1-7(11)4-3-5-9-6-8(2)13-10(9)12/h5,7-8,11H,3-4,6H2,1-2H3/b9-5+. The van der Waals surface area contributed by atoms with Gasteiger partial charge in [-0.05, 0) is 26.7 Å². The summed E-state index contributed by atoms with van der Waals surface area (Å²) in [6.45, 7) is 3.63. The summed E-state index contributed by atoms with van der Waals surface area (Å²) in [6.07, 6.45) is 3.74. The summed E-state index contributed by atoms with van der Waals surface area (Å²) in [5.74, 6) is -0.196. The Hall–Kier alpha value is -0.830. The summed E-state index contributed by atoms with van der Waals surface area (Å²) in [5.41, 5.74) is 0.758. The topological polar surface area (TPSA) is 46.5 Å². The molecule has 2 unspecified atom stereocenters. The molecule has 1 aliphatic rings. The van der Waals surface area contributed by atoms with E-state index in [1.54, 1.807) is 6.92 Å². The number of hydrogen-bond donors (Lipinski definition) is 1. The van der Waals surface area contributed by atoms with E-state index in [1.807, 2.05) is 13.0 Å². The SMILES string of the molecule is CC(O)CC/C=C1\CC(C)OC1=O. The number of esters is 1. The maximum atomic E-state index is 11.1. The molecule has 1 rings (SSSR count). The Morgan fingerprint density at radius 3 is 2.92 bits per heavy atom. The lowest BCUT2D eigenvalue weighted by molar-refractivity contribution is -0.138. The summed E-state index contributed by atoms with van der Waals surface area (Å²) < 4.78 is 4.96. The van der Waals surface area contributed by atoms with Crippen LogP contribution in [0, 0.1) is 0 Å². The van der Waals surface area contributed by atoms with Gasteiger partial charge in [-0.3, -0.25) is 0 Å². The van der Waals surface area contributed by atoms with Gasteiger partial charge in [-0.25, -0.2) is 4.79 Å². The number of aliphatic hydroxyl groups is 1. The van der Waals surface area contributed by atoms with Gasteiger partial charge >= 0.3 is 5.97 Å². The zero-order valence-corrected chi connectivity index (χ0v) is 8.12. The van der Waals surface area contributed by atoms with Crippen LogP contribution >= 0.6 is 0 Å². The molecule has 1 N–H and O–H groups in total. The van der Waals surface area contributed by atoms with E-state index < -0.39 is 0 Å². The minimum absolute atomic E-state index is 0.0188. The van der Waals surface area contributed by atoms with Crippen molar-refractivity contribution in [1.29, 1.82) is 0 Å². The van der Waals surface area contributed by atoms with Gasteiger partial charge in [0.05, 0.1) is 6.10 Å². The Labute approximate surface area is 78.4 Å². The highest BCUT2D eigenvalue weighted by molar-refractivity contribution is 5.90. The minimum Gasteiger partial charge on any atom is -0.459 e. The third kappa shape index (κ3) is 3.19. The first-order chi connectivity index (χ1) is 6.09. The van der Waals surface area contributed by atoms with Gasteiger partial charge in [-0.1, -0.05) is 6.08 Å². The van der Waals surface area contributed by atoms with Crippen LogP contribution in [0.4, 0.5) is 0 Å². The van der Waals surface area contributed by atoms with Crippen molar-refractivity contribution in [1.82, 2.24) is 0 Å². The van der Waals surface area contributed by atoms with Gasteiger partial charge in [0.15, 0.2) is 0 Å². The molecule has 0 aromatic carbocycles. The molecule has 0 aromatic heterocycles. The Bertz CT molecular complexity index is 218. The number of hydrogen-bond acceptors (Lipinski definition) is 3. The molecule has 1 heterocycles. The highest BCUT2D eigenvalue weighted by atomic mass is 16.5. The molecule has 1 saturated heterocycles. The van der Waals surface area contributed by atoms with Crippen molar-refractivity contribution in [2.45, 2.75) is 45.3 Å². The van der Waals surface area contributed by atoms with Gasteiger partial charge in [0.25, 0.3) is 0 Å². The van der Waals surface area contributed by atoms with Crippen molar-refractivity contribution in [3.63, 3.8) is 0 Å². The van der Waals surface area contributed by atoms with Crippen LogP contribution in [0.25, 0.3) is 0 Å². The second kappa shape index (κ2) is 4.42. The average Bonchev–Trinajstić information content (AvgIpc) is 2.29. The van der Waals surface area contributed by atoms with Crippen molar-refractivity contribution in [2.24, 2.45) is 0 Å². The largest absolute Gasteiger partial charge is 0.459 e. The number of cyclic esters (lactones) is 1. The van der Waals surface area contributed by atoms with Crippen molar-refractivity contribution in [2.75, 3.05) is 0 Å². The number of allylic oxidation sites excluding steroid dienone is 1. The summed E-state index contributed by atoms with van der Waals surface area (Å²) in [4.78, 5) is 11.1. The lowest BCUT2D eigenvalue weighted by Crippen LogP contribution is -2.00. The molecule has 3 nitrogen and oxygen atoms in total. The monoisotopic (exact) mass is 184 g/mol.